The Morgan fingerprint density at radius 2 is 1.96 bits per heavy atom. The van der Waals surface area contributed by atoms with E-state index in [-0.39, 0.29) is 24.0 Å². The monoisotopic (exact) mass is 337 g/mol. The number of hydrogen-bond acceptors (Lipinski definition) is 5. The first-order valence-corrected chi connectivity index (χ1v) is 7.69. The lowest BCUT2D eigenvalue weighted by Crippen LogP contribution is -2.24. The van der Waals surface area contributed by atoms with Crippen molar-refractivity contribution in [2.24, 2.45) is 0 Å². The van der Waals surface area contributed by atoms with Gasteiger partial charge in [-0.1, -0.05) is 24.3 Å². The summed E-state index contributed by atoms with van der Waals surface area (Å²) in [5.74, 6) is -0.163. The van der Waals surface area contributed by atoms with Crippen LogP contribution in [0.5, 0.6) is 0 Å². The maximum atomic E-state index is 13.6. The van der Waals surface area contributed by atoms with Gasteiger partial charge in [-0.05, 0) is 17.7 Å². The number of carbonyl (C=O) groups excluding carboxylic acids is 1. The molecule has 2 aromatic heterocycles. The van der Waals surface area contributed by atoms with Gasteiger partial charge in [0.25, 0.3) is 5.91 Å². The van der Waals surface area contributed by atoms with Gasteiger partial charge in [-0.3, -0.25) is 9.78 Å². The Labute approximate surface area is 144 Å². The van der Waals surface area contributed by atoms with Crippen molar-refractivity contribution < 1.29 is 9.18 Å². The zero-order chi connectivity index (χ0) is 17.5. The van der Waals surface area contributed by atoms with Crippen molar-refractivity contribution in [2.45, 2.75) is 13.1 Å². The van der Waals surface area contributed by atoms with E-state index in [0.717, 1.165) is 5.56 Å². The van der Waals surface area contributed by atoms with E-state index in [1.807, 2.05) is 6.07 Å². The minimum absolute atomic E-state index is 0.231. The van der Waals surface area contributed by atoms with Crippen molar-refractivity contribution in [3.05, 3.63) is 83.8 Å². The fourth-order valence-electron chi connectivity index (χ4n) is 2.18. The second-order valence-corrected chi connectivity index (χ2v) is 5.28. The summed E-state index contributed by atoms with van der Waals surface area (Å²) in [4.78, 5) is 24.2. The summed E-state index contributed by atoms with van der Waals surface area (Å²) in [6, 6.07) is 11.7. The van der Waals surface area contributed by atoms with Gasteiger partial charge in [0.15, 0.2) is 0 Å². The van der Waals surface area contributed by atoms with Crippen LogP contribution < -0.4 is 10.6 Å². The van der Waals surface area contributed by atoms with E-state index in [9.17, 15) is 9.18 Å². The van der Waals surface area contributed by atoms with Gasteiger partial charge in [0.2, 0.25) is 0 Å². The number of amides is 1. The molecular weight excluding hydrogens is 321 g/mol. The number of anilines is 1. The van der Waals surface area contributed by atoms with Gasteiger partial charge in [-0.2, -0.15) is 0 Å². The first kappa shape index (κ1) is 16.5. The van der Waals surface area contributed by atoms with E-state index < -0.39 is 0 Å². The zero-order valence-corrected chi connectivity index (χ0v) is 13.3. The van der Waals surface area contributed by atoms with E-state index in [0.29, 0.717) is 17.9 Å². The Balaban J connectivity index is 1.61. The highest BCUT2D eigenvalue weighted by atomic mass is 19.1. The molecule has 3 aromatic rings. The molecule has 7 heteroatoms. The van der Waals surface area contributed by atoms with Crippen molar-refractivity contribution in [1.29, 1.82) is 0 Å². The molecule has 1 amide bonds. The van der Waals surface area contributed by atoms with Crippen LogP contribution in [0.15, 0.2) is 61.2 Å². The Morgan fingerprint density at radius 3 is 2.76 bits per heavy atom. The number of rotatable bonds is 6. The Morgan fingerprint density at radius 1 is 1.08 bits per heavy atom. The van der Waals surface area contributed by atoms with Crippen LogP contribution in [0.4, 0.5) is 10.2 Å². The molecule has 0 radical (unpaired) electrons. The highest BCUT2D eigenvalue weighted by molar-refractivity contribution is 5.92. The topological polar surface area (TPSA) is 79.8 Å². The van der Waals surface area contributed by atoms with E-state index in [1.54, 1.807) is 36.7 Å². The summed E-state index contributed by atoms with van der Waals surface area (Å²) in [5, 5.41) is 5.76. The molecule has 2 N–H and O–H groups in total. The average Bonchev–Trinajstić information content (AvgIpc) is 2.66. The smallest absolute Gasteiger partial charge is 0.270 e. The lowest BCUT2D eigenvalue weighted by Gasteiger charge is -2.08. The number of halogens is 1. The molecule has 0 saturated heterocycles. The molecule has 3 rings (SSSR count). The largest absolute Gasteiger partial charge is 0.366 e. The first-order chi connectivity index (χ1) is 12.2. The summed E-state index contributed by atoms with van der Waals surface area (Å²) in [5.41, 5.74) is 1.64. The van der Waals surface area contributed by atoms with Crippen LogP contribution in [0.2, 0.25) is 0 Å². The standard InChI is InChI=1S/C18H16FN5O/c19-15-6-2-1-5-14(15)11-21-17-8-16(23-12-24-17)18(25)22-10-13-4-3-7-20-9-13/h1-9,12H,10-11H2,(H,22,25)(H,21,23,24). The molecule has 0 unspecified atom stereocenters. The molecule has 0 aliphatic rings. The number of pyridine rings is 1. The summed E-state index contributed by atoms with van der Waals surface area (Å²) in [7, 11) is 0. The van der Waals surface area contributed by atoms with Gasteiger partial charge in [-0.25, -0.2) is 14.4 Å². The Hall–Kier alpha value is -3.35. The van der Waals surface area contributed by atoms with Crippen molar-refractivity contribution in [3.63, 3.8) is 0 Å². The second-order valence-electron chi connectivity index (χ2n) is 5.28. The second kappa shape index (κ2) is 7.96. The first-order valence-electron chi connectivity index (χ1n) is 7.69. The minimum atomic E-state index is -0.319. The molecule has 0 saturated carbocycles. The highest BCUT2D eigenvalue weighted by Crippen LogP contribution is 2.10. The molecule has 2 heterocycles. The molecule has 0 aliphatic heterocycles. The fraction of sp³-hybridized carbons (Fsp3) is 0.111. The van der Waals surface area contributed by atoms with Gasteiger partial charge in [0, 0.05) is 37.1 Å². The van der Waals surface area contributed by atoms with E-state index >= 15 is 0 Å². The van der Waals surface area contributed by atoms with Gasteiger partial charge in [0.05, 0.1) is 0 Å². The zero-order valence-electron chi connectivity index (χ0n) is 13.3. The van der Waals surface area contributed by atoms with Crippen LogP contribution in [0.3, 0.4) is 0 Å². The molecule has 0 bridgehead atoms. The predicted molar refractivity (Wildman–Crippen MR) is 91.2 cm³/mol. The van der Waals surface area contributed by atoms with Crippen LogP contribution in [0.1, 0.15) is 21.6 Å². The van der Waals surface area contributed by atoms with Crippen molar-refractivity contribution in [1.82, 2.24) is 20.3 Å². The number of benzene rings is 1. The van der Waals surface area contributed by atoms with E-state index in [4.69, 9.17) is 0 Å². The lowest BCUT2D eigenvalue weighted by atomic mass is 10.2. The van der Waals surface area contributed by atoms with Crippen molar-refractivity contribution in [2.75, 3.05) is 5.32 Å². The van der Waals surface area contributed by atoms with Crippen LogP contribution in [-0.4, -0.2) is 20.9 Å². The Kier molecular flexibility index (Phi) is 5.26. The number of carbonyl (C=O) groups is 1. The molecule has 0 spiro atoms. The van der Waals surface area contributed by atoms with Crippen molar-refractivity contribution in [3.8, 4) is 0 Å². The maximum absolute atomic E-state index is 13.6. The molecular formula is C18H16FN5O. The average molecular weight is 337 g/mol. The third-order valence-corrected chi connectivity index (χ3v) is 3.49. The van der Waals surface area contributed by atoms with Gasteiger partial charge >= 0.3 is 0 Å². The third-order valence-electron chi connectivity index (χ3n) is 3.49. The molecule has 0 aliphatic carbocycles. The number of nitrogens with one attached hydrogen (secondary N) is 2. The third kappa shape index (κ3) is 4.57. The van der Waals surface area contributed by atoms with Gasteiger partial charge in [0.1, 0.15) is 23.7 Å². The Bertz CT molecular complexity index is 857. The molecule has 6 nitrogen and oxygen atoms in total. The van der Waals surface area contributed by atoms with Crippen LogP contribution in [-0.2, 0) is 13.1 Å². The van der Waals surface area contributed by atoms with Crippen molar-refractivity contribution >= 4 is 11.7 Å². The van der Waals surface area contributed by atoms with E-state index in [1.165, 1.54) is 18.5 Å². The number of nitrogens with zero attached hydrogens (tertiary/aromatic N) is 3. The molecule has 1 aromatic carbocycles. The lowest BCUT2D eigenvalue weighted by molar-refractivity contribution is 0.0945. The predicted octanol–water partition coefficient (Wildman–Crippen LogP) is 2.55. The molecule has 126 valence electrons. The fourth-order valence-corrected chi connectivity index (χ4v) is 2.18. The summed E-state index contributed by atoms with van der Waals surface area (Å²) in [6.45, 7) is 0.620. The van der Waals surface area contributed by atoms with Gasteiger partial charge in [-0.15, -0.1) is 0 Å². The highest BCUT2D eigenvalue weighted by Gasteiger charge is 2.09. The number of aromatic nitrogens is 3. The van der Waals surface area contributed by atoms with Crippen LogP contribution in [0.25, 0.3) is 0 Å². The summed E-state index contributed by atoms with van der Waals surface area (Å²) < 4.78 is 13.6. The van der Waals surface area contributed by atoms with Gasteiger partial charge < -0.3 is 10.6 Å². The summed E-state index contributed by atoms with van der Waals surface area (Å²) in [6.07, 6.45) is 4.65. The normalized spacial score (nSPS) is 10.3. The van der Waals surface area contributed by atoms with Crippen LogP contribution >= 0.6 is 0 Å². The number of hydrogen-bond donors (Lipinski definition) is 2. The van der Waals surface area contributed by atoms with Crippen LogP contribution in [0, 0.1) is 5.82 Å². The molecule has 0 atom stereocenters. The maximum Gasteiger partial charge on any atom is 0.270 e. The SMILES string of the molecule is O=C(NCc1cccnc1)c1cc(NCc2ccccc2F)ncn1. The minimum Gasteiger partial charge on any atom is -0.366 e. The molecule has 25 heavy (non-hydrogen) atoms. The van der Waals surface area contributed by atoms with E-state index in [2.05, 4.69) is 25.6 Å². The summed E-state index contributed by atoms with van der Waals surface area (Å²) >= 11 is 0. The molecule has 0 fully saturated rings. The quantitative estimate of drug-likeness (QED) is 0.723.